The van der Waals surface area contributed by atoms with Gasteiger partial charge in [0.25, 0.3) is 5.91 Å². The second-order valence-electron chi connectivity index (χ2n) is 15.0. The number of amides is 4. The van der Waals surface area contributed by atoms with Gasteiger partial charge in [0.15, 0.2) is 0 Å². The summed E-state index contributed by atoms with van der Waals surface area (Å²) in [5.74, 6) is 0.0599. The molecule has 52 heavy (non-hydrogen) atoms. The van der Waals surface area contributed by atoms with Crippen molar-refractivity contribution >= 4 is 50.1 Å². The van der Waals surface area contributed by atoms with E-state index in [1.165, 1.54) is 16.2 Å². The Hall–Kier alpha value is -4.24. The van der Waals surface area contributed by atoms with E-state index in [1.54, 1.807) is 26.0 Å². The molecule has 4 amide bonds. The number of benzene rings is 1. The van der Waals surface area contributed by atoms with E-state index in [2.05, 4.69) is 23.9 Å². The molecule has 7 rings (SSSR count). The number of hydrogen-bond acceptors (Lipinski definition) is 10. The van der Waals surface area contributed by atoms with E-state index in [-0.39, 0.29) is 37.1 Å². The first-order chi connectivity index (χ1) is 24.7. The highest BCUT2D eigenvalue weighted by Crippen LogP contribution is 2.47. The molecule has 0 spiro atoms. The summed E-state index contributed by atoms with van der Waals surface area (Å²) in [5, 5.41) is 6.39. The number of carbonyl (C=O) groups is 3. The van der Waals surface area contributed by atoms with E-state index in [4.69, 9.17) is 19.4 Å². The summed E-state index contributed by atoms with van der Waals surface area (Å²) in [7, 11) is -0.610. The molecule has 2 aliphatic heterocycles. The van der Waals surface area contributed by atoms with Crippen LogP contribution >= 0.6 is 11.3 Å². The summed E-state index contributed by atoms with van der Waals surface area (Å²) in [6.45, 7) is 6.37. The van der Waals surface area contributed by atoms with E-state index in [0.29, 0.717) is 42.1 Å². The number of hydrogen-bond donors (Lipinski definition) is 2. The minimum absolute atomic E-state index is 0.0642. The Morgan fingerprint density at radius 2 is 1.94 bits per heavy atom. The van der Waals surface area contributed by atoms with Gasteiger partial charge >= 0.3 is 6.03 Å². The van der Waals surface area contributed by atoms with Crippen LogP contribution in [0.25, 0.3) is 21.6 Å². The number of methoxy groups -OCH3 is 1. The average molecular weight is 751 g/mol. The first kappa shape index (κ1) is 36.1. The Balaban J connectivity index is 1.19. The van der Waals surface area contributed by atoms with E-state index in [0.717, 1.165) is 35.4 Å². The van der Waals surface area contributed by atoms with Crippen molar-refractivity contribution in [1.82, 2.24) is 29.8 Å². The molecule has 4 heterocycles. The fraction of sp³-hybridized carbons (Fsp3) is 0.541. The van der Waals surface area contributed by atoms with Crippen molar-refractivity contribution in [3.63, 3.8) is 0 Å². The van der Waals surface area contributed by atoms with Gasteiger partial charge in [-0.3, -0.25) is 14.3 Å². The van der Waals surface area contributed by atoms with Gasteiger partial charge in [0.05, 0.1) is 29.6 Å². The van der Waals surface area contributed by atoms with Crippen LogP contribution in [0, 0.1) is 5.92 Å². The molecule has 3 aromatic rings. The van der Waals surface area contributed by atoms with Gasteiger partial charge in [0, 0.05) is 48.8 Å². The fourth-order valence-corrected chi connectivity index (χ4v) is 9.21. The third kappa shape index (κ3) is 6.84. The van der Waals surface area contributed by atoms with E-state index >= 15 is 0 Å². The number of fused-ring (bicyclic) bond motifs is 3. The maximum atomic E-state index is 14.2. The van der Waals surface area contributed by atoms with Crippen molar-refractivity contribution in [3.05, 3.63) is 47.5 Å². The molecular weight excluding hydrogens is 705 g/mol. The van der Waals surface area contributed by atoms with Crippen LogP contribution in [0.4, 0.5) is 4.79 Å². The molecule has 2 aromatic heterocycles. The zero-order valence-corrected chi connectivity index (χ0v) is 31.8. The molecule has 13 nitrogen and oxygen atoms in total. The summed E-state index contributed by atoms with van der Waals surface area (Å²) >= 11 is 1.50. The van der Waals surface area contributed by atoms with Crippen LogP contribution in [0.15, 0.2) is 41.8 Å². The molecule has 3 fully saturated rings. The molecule has 2 N–H and O–H groups in total. The Morgan fingerprint density at radius 1 is 1.15 bits per heavy atom. The highest BCUT2D eigenvalue weighted by molar-refractivity contribution is 7.91. The number of sulfonamides is 1. The number of nitrogens with one attached hydrogen (secondary N) is 2. The average Bonchev–Trinajstić information content (AvgIpc) is 3.88. The molecule has 278 valence electrons. The highest BCUT2D eigenvalue weighted by atomic mass is 32.2. The molecule has 2 saturated carbocycles. The highest BCUT2D eigenvalue weighted by Gasteiger charge is 2.63. The SMILES string of the molecule is COc1ccc2c(O[C@H]3C[C@H]4C(=O)N(C)CCCC/C=C\[C@@H]5C[C@@]5(C(=O)NS(=O)(=O)C5(C)CC5)NC(=O)N4C3)cc(-c3nc(C(C)C)cs3)nc2c1. The van der Waals surface area contributed by atoms with Crippen molar-refractivity contribution in [2.24, 2.45) is 5.92 Å². The summed E-state index contributed by atoms with van der Waals surface area (Å²) in [6.07, 6.45) is 7.03. The van der Waals surface area contributed by atoms with Crippen molar-refractivity contribution in [2.45, 2.75) is 94.1 Å². The lowest BCUT2D eigenvalue weighted by Crippen LogP contribution is -2.58. The van der Waals surface area contributed by atoms with Gasteiger partial charge in [-0.1, -0.05) is 26.0 Å². The van der Waals surface area contributed by atoms with Gasteiger partial charge in [0.1, 0.15) is 39.9 Å². The minimum atomic E-state index is -3.94. The zero-order chi connectivity index (χ0) is 37.0. The number of ether oxygens (including phenoxy) is 2. The number of rotatable bonds is 8. The van der Waals surface area contributed by atoms with Crippen LogP contribution in [-0.4, -0.2) is 95.7 Å². The van der Waals surface area contributed by atoms with Crippen LogP contribution in [0.1, 0.15) is 77.3 Å². The van der Waals surface area contributed by atoms with E-state index < -0.39 is 44.4 Å². The normalized spacial score (nSPS) is 26.6. The van der Waals surface area contributed by atoms with Crippen LogP contribution in [0.2, 0.25) is 0 Å². The van der Waals surface area contributed by atoms with E-state index in [1.807, 2.05) is 41.8 Å². The van der Waals surface area contributed by atoms with Crippen molar-refractivity contribution in [2.75, 3.05) is 27.2 Å². The number of urea groups is 1. The maximum Gasteiger partial charge on any atom is 0.319 e. The van der Waals surface area contributed by atoms with Crippen LogP contribution in [-0.2, 0) is 19.6 Å². The van der Waals surface area contributed by atoms with Gasteiger partial charge < -0.3 is 24.6 Å². The maximum absolute atomic E-state index is 14.2. The smallest absolute Gasteiger partial charge is 0.319 e. The molecule has 0 bridgehead atoms. The van der Waals surface area contributed by atoms with Crippen molar-refractivity contribution in [3.8, 4) is 22.2 Å². The third-order valence-corrected chi connectivity index (χ3v) is 13.9. The zero-order valence-electron chi connectivity index (χ0n) is 30.2. The number of nitrogens with zero attached hydrogens (tertiary/aromatic N) is 4. The van der Waals surface area contributed by atoms with Crippen molar-refractivity contribution < 1.29 is 32.3 Å². The number of likely N-dealkylation sites (N-methyl/N-ethyl adjacent to an activating group) is 1. The number of allylic oxidation sites excluding steroid dienone is 1. The summed E-state index contributed by atoms with van der Waals surface area (Å²) in [6, 6.07) is 5.90. The number of pyridine rings is 1. The predicted octanol–water partition coefficient (Wildman–Crippen LogP) is 4.98. The quantitative estimate of drug-likeness (QED) is 0.303. The Kier molecular flexibility index (Phi) is 9.47. The summed E-state index contributed by atoms with van der Waals surface area (Å²) in [4.78, 5) is 54.7. The second kappa shape index (κ2) is 13.6. The monoisotopic (exact) mass is 750 g/mol. The van der Waals surface area contributed by atoms with Gasteiger partial charge in [-0.2, -0.15) is 0 Å². The van der Waals surface area contributed by atoms with Gasteiger partial charge in [-0.25, -0.2) is 23.2 Å². The molecule has 2 aliphatic carbocycles. The standard InChI is InChI=1S/C37H46N6O7S2/c1-22(2)29-21-51-32(39-29)28-18-31(26-12-11-24(49-5)16-27(26)38-28)50-25-17-30-33(44)42(4)15-9-7-6-8-10-23-19-37(23,40-35(46)43(30)20-25)34(45)41-52(47,48)36(3)13-14-36/h8,10-12,16,18,21-23,25,30H,6-7,9,13-15,17,19-20H2,1-5H3,(H,40,46)(H,41,45)/b10-8-/t23-,25+,30+,37-/m1/s1. The molecule has 4 atom stereocenters. The Morgan fingerprint density at radius 3 is 2.65 bits per heavy atom. The van der Waals surface area contributed by atoms with Gasteiger partial charge in [-0.05, 0) is 63.5 Å². The number of aromatic nitrogens is 2. The van der Waals surface area contributed by atoms with Gasteiger partial charge in [-0.15, -0.1) is 11.3 Å². The molecule has 15 heteroatoms. The second-order valence-corrected chi connectivity index (χ2v) is 18.1. The topological polar surface area (TPSA) is 160 Å². The van der Waals surface area contributed by atoms with Crippen molar-refractivity contribution in [1.29, 1.82) is 0 Å². The van der Waals surface area contributed by atoms with Crippen LogP contribution in [0.5, 0.6) is 11.5 Å². The summed E-state index contributed by atoms with van der Waals surface area (Å²) in [5.41, 5.74) is 0.794. The van der Waals surface area contributed by atoms with E-state index in [9.17, 15) is 22.8 Å². The lowest BCUT2D eigenvalue weighted by atomic mass is 10.1. The lowest BCUT2D eigenvalue weighted by molar-refractivity contribution is -0.134. The number of carbonyl (C=O) groups excluding carboxylic acids is 3. The molecule has 1 saturated heterocycles. The largest absolute Gasteiger partial charge is 0.497 e. The summed E-state index contributed by atoms with van der Waals surface area (Å²) < 4.78 is 39.6. The van der Waals surface area contributed by atoms with Crippen LogP contribution in [0.3, 0.4) is 0 Å². The van der Waals surface area contributed by atoms with Crippen LogP contribution < -0.4 is 19.5 Å². The lowest BCUT2D eigenvalue weighted by Gasteiger charge is -2.30. The predicted molar refractivity (Wildman–Crippen MR) is 198 cm³/mol. The van der Waals surface area contributed by atoms with Gasteiger partial charge in [0.2, 0.25) is 15.9 Å². The number of thiazole rings is 1. The first-order valence-corrected chi connectivity index (χ1v) is 20.3. The molecule has 1 aromatic carbocycles. The fourth-order valence-electron chi connectivity index (χ4n) is 6.96. The molecule has 4 aliphatic rings. The molecule has 0 radical (unpaired) electrons. The Bertz CT molecular complexity index is 2040. The first-order valence-electron chi connectivity index (χ1n) is 17.9. The minimum Gasteiger partial charge on any atom is -0.497 e. The third-order valence-electron chi connectivity index (χ3n) is 10.9. The molecular formula is C37H46N6O7S2. The molecule has 0 unspecified atom stereocenters. The Labute approximate surface area is 308 Å².